The largest absolute Gasteiger partial charge is 0.324 e. The van der Waals surface area contributed by atoms with E-state index in [1.165, 1.54) is 45.6 Å². The normalized spacial score (nSPS) is 23.2. The smallest absolute Gasteiger partial charge is 0.0254 e. The van der Waals surface area contributed by atoms with Crippen molar-refractivity contribution in [2.24, 2.45) is 5.73 Å². The molecule has 1 fully saturated rings. The van der Waals surface area contributed by atoms with Gasteiger partial charge < -0.3 is 10.6 Å². The Labute approximate surface area is 101 Å². The lowest BCUT2D eigenvalue weighted by atomic mass is 9.96. The lowest BCUT2D eigenvalue weighted by Crippen LogP contribution is -2.54. The summed E-state index contributed by atoms with van der Waals surface area (Å²) < 4.78 is 0. The molecule has 1 heterocycles. The van der Waals surface area contributed by atoms with Gasteiger partial charge in [0.05, 0.1) is 0 Å². The Morgan fingerprint density at radius 3 is 2.06 bits per heavy atom. The molecule has 2 N–H and O–H groups in total. The molecule has 3 nitrogen and oxygen atoms in total. The van der Waals surface area contributed by atoms with Crippen molar-refractivity contribution in [1.82, 2.24) is 9.80 Å². The summed E-state index contributed by atoms with van der Waals surface area (Å²) in [6, 6.07) is 0. The zero-order valence-corrected chi connectivity index (χ0v) is 11.3. The van der Waals surface area contributed by atoms with Crippen LogP contribution in [0.2, 0.25) is 0 Å². The van der Waals surface area contributed by atoms with Crippen LogP contribution in [0.3, 0.4) is 0 Å². The number of hydrogen-bond donors (Lipinski definition) is 1. The van der Waals surface area contributed by atoms with Crippen LogP contribution < -0.4 is 5.73 Å². The molecule has 0 saturated carbocycles. The van der Waals surface area contributed by atoms with E-state index >= 15 is 0 Å². The molecule has 1 aliphatic heterocycles. The lowest BCUT2D eigenvalue weighted by Gasteiger charge is -2.38. The van der Waals surface area contributed by atoms with E-state index in [1.807, 2.05) is 0 Å². The van der Waals surface area contributed by atoms with Gasteiger partial charge in [0.15, 0.2) is 0 Å². The average Bonchev–Trinajstić information content (AvgIpc) is 2.21. The Hall–Kier alpha value is -0.120. The van der Waals surface area contributed by atoms with E-state index in [4.69, 9.17) is 5.73 Å². The molecule has 1 saturated heterocycles. The first kappa shape index (κ1) is 13.9. The van der Waals surface area contributed by atoms with Crippen molar-refractivity contribution in [2.75, 3.05) is 39.3 Å². The van der Waals surface area contributed by atoms with E-state index in [0.29, 0.717) is 0 Å². The van der Waals surface area contributed by atoms with E-state index in [9.17, 15) is 0 Å². The Morgan fingerprint density at radius 1 is 1.00 bits per heavy atom. The van der Waals surface area contributed by atoms with Gasteiger partial charge >= 0.3 is 0 Å². The molecule has 0 amide bonds. The summed E-state index contributed by atoms with van der Waals surface area (Å²) >= 11 is 0. The Balaban J connectivity index is 2.26. The van der Waals surface area contributed by atoms with Crippen molar-refractivity contribution in [3.63, 3.8) is 0 Å². The van der Waals surface area contributed by atoms with Gasteiger partial charge in [-0.05, 0) is 26.3 Å². The minimum absolute atomic E-state index is 0.00166. The molecular formula is C13H29N3. The molecule has 0 spiro atoms. The Bertz CT molecular complexity index is 184. The van der Waals surface area contributed by atoms with Gasteiger partial charge in [-0.1, -0.05) is 20.3 Å². The molecule has 1 unspecified atom stereocenters. The van der Waals surface area contributed by atoms with Crippen LogP contribution in [-0.4, -0.2) is 54.6 Å². The molecule has 0 aromatic carbocycles. The van der Waals surface area contributed by atoms with E-state index in [1.54, 1.807) is 0 Å². The highest BCUT2D eigenvalue weighted by Crippen LogP contribution is 2.12. The van der Waals surface area contributed by atoms with Crippen LogP contribution in [0.15, 0.2) is 0 Å². The van der Waals surface area contributed by atoms with Gasteiger partial charge in [-0.15, -0.1) is 0 Å². The van der Waals surface area contributed by atoms with Crippen LogP contribution >= 0.6 is 0 Å². The van der Waals surface area contributed by atoms with Crippen molar-refractivity contribution >= 4 is 0 Å². The number of rotatable bonds is 6. The first-order chi connectivity index (χ1) is 7.57. The summed E-state index contributed by atoms with van der Waals surface area (Å²) in [6.07, 6.45) is 3.58. The quantitative estimate of drug-likeness (QED) is 0.747. The molecule has 0 radical (unpaired) electrons. The topological polar surface area (TPSA) is 32.5 Å². The molecule has 3 heteroatoms. The lowest BCUT2D eigenvalue weighted by molar-refractivity contribution is 0.111. The van der Waals surface area contributed by atoms with Crippen LogP contribution in [0.5, 0.6) is 0 Å². The van der Waals surface area contributed by atoms with Crippen molar-refractivity contribution in [3.05, 3.63) is 0 Å². The molecule has 1 atom stereocenters. The maximum Gasteiger partial charge on any atom is 0.0254 e. The van der Waals surface area contributed by atoms with Crippen LogP contribution in [0.4, 0.5) is 0 Å². The monoisotopic (exact) mass is 227 g/mol. The summed E-state index contributed by atoms with van der Waals surface area (Å²) in [6.45, 7) is 13.8. The van der Waals surface area contributed by atoms with E-state index in [-0.39, 0.29) is 5.54 Å². The summed E-state index contributed by atoms with van der Waals surface area (Å²) in [4.78, 5) is 5.09. The van der Waals surface area contributed by atoms with Crippen LogP contribution in [0.1, 0.15) is 40.0 Å². The first-order valence-electron chi connectivity index (χ1n) is 6.81. The third-order valence-corrected chi connectivity index (χ3v) is 3.41. The molecule has 16 heavy (non-hydrogen) atoms. The van der Waals surface area contributed by atoms with Crippen LogP contribution in [0, 0.1) is 0 Å². The van der Waals surface area contributed by atoms with Gasteiger partial charge in [0.25, 0.3) is 0 Å². The van der Waals surface area contributed by atoms with Gasteiger partial charge in [-0.3, -0.25) is 4.90 Å². The number of nitrogens with zero attached hydrogens (tertiary/aromatic N) is 2. The second-order valence-electron chi connectivity index (χ2n) is 5.52. The van der Waals surface area contributed by atoms with Gasteiger partial charge in [0.2, 0.25) is 0 Å². The van der Waals surface area contributed by atoms with Crippen molar-refractivity contribution in [3.8, 4) is 0 Å². The highest BCUT2D eigenvalue weighted by atomic mass is 15.3. The van der Waals surface area contributed by atoms with E-state index in [2.05, 4.69) is 30.6 Å². The minimum atomic E-state index is 0.00166. The van der Waals surface area contributed by atoms with Crippen molar-refractivity contribution in [1.29, 1.82) is 0 Å². The van der Waals surface area contributed by atoms with Crippen molar-refractivity contribution in [2.45, 2.75) is 45.6 Å². The standard InChI is InChI=1S/C13H29N3/c1-4-6-13(3,14)12-16-10-8-15(7-5-2)9-11-16/h4-12,14H2,1-3H3. The molecule has 1 aliphatic rings. The van der Waals surface area contributed by atoms with Gasteiger partial charge in [-0.2, -0.15) is 0 Å². The first-order valence-corrected chi connectivity index (χ1v) is 6.81. The van der Waals surface area contributed by atoms with Gasteiger partial charge in [-0.25, -0.2) is 0 Å². The number of hydrogen-bond acceptors (Lipinski definition) is 3. The van der Waals surface area contributed by atoms with Crippen LogP contribution in [-0.2, 0) is 0 Å². The molecule has 0 aromatic rings. The highest BCUT2D eigenvalue weighted by Gasteiger charge is 2.24. The predicted octanol–water partition coefficient (Wildman–Crippen LogP) is 1.53. The van der Waals surface area contributed by atoms with Crippen molar-refractivity contribution < 1.29 is 0 Å². The van der Waals surface area contributed by atoms with Gasteiger partial charge in [0.1, 0.15) is 0 Å². The zero-order valence-electron chi connectivity index (χ0n) is 11.3. The number of nitrogens with two attached hydrogens (primary N) is 1. The Morgan fingerprint density at radius 2 is 1.56 bits per heavy atom. The summed E-state index contributed by atoms with van der Waals surface area (Å²) in [5, 5.41) is 0. The average molecular weight is 227 g/mol. The molecule has 0 aliphatic carbocycles. The summed E-state index contributed by atoms with van der Waals surface area (Å²) in [7, 11) is 0. The van der Waals surface area contributed by atoms with Gasteiger partial charge in [0, 0.05) is 38.3 Å². The van der Waals surface area contributed by atoms with E-state index in [0.717, 1.165) is 13.0 Å². The second kappa shape index (κ2) is 6.58. The fourth-order valence-electron chi connectivity index (χ4n) is 2.65. The molecular weight excluding hydrogens is 198 g/mol. The molecule has 0 bridgehead atoms. The molecule has 0 aromatic heterocycles. The minimum Gasteiger partial charge on any atom is -0.324 e. The summed E-state index contributed by atoms with van der Waals surface area (Å²) in [5.41, 5.74) is 6.30. The third kappa shape index (κ3) is 4.81. The fourth-order valence-corrected chi connectivity index (χ4v) is 2.65. The molecule has 96 valence electrons. The second-order valence-corrected chi connectivity index (χ2v) is 5.52. The Kier molecular flexibility index (Phi) is 5.73. The fraction of sp³-hybridized carbons (Fsp3) is 1.00. The third-order valence-electron chi connectivity index (χ3n) is 3.41. The van der Waals surface area contributed by atoms with Crippen LogP contribution in [0.25, 0.3) is 0 Å². The predicted molar refractivity (Wildman–Crippen MR) is 70.7 cm³/mol. The number of piperazine rings is 1. The highest BCUT2D eigenvalue weighted by molar-refractivity contribution is 4.84. The van der Waals surface area contributed by atoms with E-state index < -0.39 is 0 Å². The molecule has 1 rings (SSSR count). The maximum absolute atomic E-state index is 6.30. The SMILES string of the molecule is CCCN1CCN(CC(C)(N)CCC)CC1. The summed E-state index contributed by atoms with van der Waals surface area (Å²) in [5.74, 6) is 0. The zero-order chi connectivity index (χ0) is 12.0. The maximum atomic E-state index is 6.30.